The molecule has 0 aromatic rings. The van der Waals surface area contributed by atoms with E-state index in [0.29, 0.717) is 13.1 Å². The van der Waals surface area contributed by atoms with Gasteiger partial charge in [0.2, 0.25) is 0 Å². The van der Waals surface area contributed by atoms with Crippen LogP contribution >= 0.6 is 23.0 Å². The van der Waals surface area contributed by atoms with E-state index in [0.717, 1.165) is 0 Å². The summed E-state index contributed by atoms with van der Waals surface area (Å²) in [7, 11) is 4.49. The van der Waals surface area contributed by atoms with Gasteiger partial charge in [-0.3, -0.25) is 0 Å². The molecule has 0 saturated carbocycles. The number of halogens is 1. The zero-order chi connectivity index (χ0) is 11.1. The first-order valence-corrected chi connectivity index (χ1v) is 4.73. The van der Waals surface area contributed by atoms with E-state index in [2.05, 4.69) is 7.80 Å². The summed E-state index contributed by atoms with van der Waals surface area (Å²) >= 11 is 1.51. The highest BCUT2D eigenvalue weighted by atomic mass is 127. The number of amides is 2. The molecule has 0 N–H and O–H groups in total. The van der Waals surface area contributed by atoms with E-state index in [1.54, 1.807) is 14.1 Å². The predicted octanol–water partition coefficient (Wildman–Crippen LogP) is 1.10. The second-order valence-corrected chi connectivity index (χ2v) is 3.10. The van der Waals surface area contributed by atoms with Crippen LogP contribution in [0.2, 0.25) is 0 Å². The number of rotatable bonds is 3. The fourth-order valence-electron chi connectivity index (χ4n) is 0.697. The lowest BCUT2D eigenvalue weighted by molar-refractivity contribution is 0.127. The molecular weight excluding hydrogens is 303 g/mol. The first kappa shape index (κ1) is 13.3. The fourth-order valence-corrected chi connectivity index (χ4v) is 1.03. The van der Waals surface area contributed by atoms with Gasteiger partial charge in [-0.1, -0.05) is 0 Å². The largest absolute Gasteiger partial charge is 0.453 e. The van der Waals surface area contributed by atoms with E-state index in [9.17, 15) is 9.59 Å². The summed E-state index contributed by atoms with van der Waals surface area (Å²) < 4.78 is 8.94. The smallest absolute Gasteiger partial charge is 0.419 e. The number of carbonyl (C=O) groups excluding carboxylic acids is 2. The Bertz CT molecular complexity index is 190. The van der Waals surface area contributed by atoms with Gasteiger partial charge in [-0.05, 0) is 0 Å². The molecule has 82 valence electrons. The molecule has 0 aliphatic rings. The third-order valence-electron chi connectivity index (χ3n) is 1.63. The van der Waals surface area contributed by atoms with Gasteiger partial charge in [0, 0.05) is 27.2 Å². The predicted molar refractivity (Wildman–Crippen MR) is 58.2 cm³/mol. The number of hydrogen-bond donors (Lipinski definition) is 0. The van der Waals surface area contributed by atoms with E-state index >= 15 is 0 Å². The number of carbonyl (C=O) groups is 2. The molecule has 7 heteroatoms. The average molecular weight is 316 g/mol. The van der Waals surface area contributed by atoms with Crippen LogP contribution in [0.1, 0.15) is 0 Å². The van der Waals surface area contributed by atoms with Crippen molar-refractivity contribution in [2.24, 2.45) is 0 Å². The van der Waals surface area contributed by atoms with Gasteiger partial charge < -0.3 is 17.6 Å². The number of likely N-dealkylation sites (N-methyl/N-ethyl adjacent to an activating group) is 2. The summed E-state index contributed by atoms with van der Waals surface area (Å²) in [5, 5.41) is 0. The maximum Gasteiger partial charge on any atom is 0.419 e. The minimum absolute atomic E-state index is 0.396. The standard InChI is InChI=1S/C7H13IN2O4/c1-9(6(11)13-3)4-5-10(2)7(12)14-8/h4-5H2,1-3H3. The molecule has 0 aliphatic carbocycles. The van der Waals surface area contributed by atoms with E-state index in [1.807, 2.05) is 0 Å². The molecule has 0 aromatic heterocycles. The highest BCUT2D eigenvalue weighted by molar-refractivity contribution is 14.1. The second-order valence-electron chi connectivity index (χ2n) is 2.66. The normalized spacial score (nSPS) is 9.14. The van der Waals surface area contributed by atoms with Crippen LogP contribution < -0.4 is 0 Å². The van der Waals surface area contributed by atoms with Crippen LogP contribution in [0.4, 0.5) is 9.59 Å². The van der Waals surface area contributed by atoms with E-state index in [-0.39, 0.29) is 0 Å². The van der Waals surface area contributed by atoms with E-state index in [4.69, 9.17) is 0 Å². The molecule has 14 heavy (non-hydrogen) atoms. The molecule has 0 radical (unpaired) electrons. The van der Waals surface area contributed by atoms with E-state index in [1.165, 1.54) is 39.9 Å². The van der Waals surface area contributed by atoms with Crippen molar-refractivity contribution in [3.63, 3.8) is 0 Å². The third kappa shape index (κ3) is 4.49. The van der Waals surface area contributed by atoms with Crippen LogP contribution in [0.15, 0.2) is 0 Å². The van der Waals surface area contributed by atoms with Gasteiger partial charge in [0.25, 0.3) is 0 Å². The van der Waals surface area contributed by atoms with Crippen molar-refractivity contribution in [1.82, 2.24) is 9.80 Å². The molecule has 0 bridgehead atoms. The number of nitrogens with zero attached hydrogens (tertiary/aromatic N) is 2. The first-order chi connectivity index (χ1) is 6.52. The zero-order valence-corrected chi connectivity index (χ0v) is 10.5. The van der Waals surface area contributed by atoms with Gasteiger partial charge in [0.1, 0.15) is 0 Å². The Kier molecular flexibility index (Phi) is 6.34. The maximum absolute atomic E-state index is 10.9. The lowest BCUT2D eigenvalue weighted by Gasteiger charge is -2.19. The number of hydrogen-bond acceptors (Lipinski definition) is 4. The van der Waals surface area contributed by atoms with Crippen LogP contribution in [0.3, 0.4) is 0 Å². The lowest BCUT2D eigenvalue weighted by Crippen LogP contribution is -2.36. The Morgan fingerprint density at radius 3 is 1.93 bits per heavy atom. The molecule has 0 fully saturated rings. The molecule has 0 unspecified atom stereocenters. The Morgan fingerprint density at radius 1 is 1.14 bits per heavy atom. The molecule has 0 aliphatic heterocycles. The molecule has 0 aromatic carbocycles. The zero-order valence-electron chi connectivity index (χ0n) is 8.32. The number of methoxy groups -OCH3 is 1. The summed E-state index contributed by atoms with van der Waals surface area (Å²) in [6.45, 7) is 0.794. The quantitative estimate of drug-likeness (QED) is 0.732. The summed E-state index contributed by atoms with van der Waals surface area (Å²) in [4.78, 5) is 24.6. The van der Waals surface area contributed by atoms with Gasteiger partial charge in [0.05, 0.1) is 7.11 Å². The molecular formula is C7H13IN2O4. The SMILES string of the molecule is COC(=O)N(C)CCN(C)C(=O)OI. The minimum Gasteiger partial charge on any atom is -0.453 e. The Hall–Kier alpha value is -0.730. The summed E-state index contributed by atoms with van der Waals surface area (Å²) in [5.74, 6) is 0. The monoisotopic (exact) mass is 316 g/mol. The van der Waals surface area contributed by atoms with Crippen molar-refractivity contribution in [2.45, 2.75) is 0 Å². The fraction of sp³-hybridized carbons (Fsp3) is 0.714. The minimum atomic E-state index is -0.441. The van der Waals surface area contributed by atoms with Gasteiger partial charge in [-0.2, -0.15) is 0 Å². The van der Waals surface area contributed by atoms with Crippen molar-refractivity contribution in [3.8, 4) is 0 Å². The highest BCUT2D eigenvalue weighted by Crippen LogP contribution is 1.96. The molecule has 2 amide bonds. The Balaban J connectivity index is 3.82. The van der Waals surface area contributed by atoms with Crippen LogP contribution in [0, 0.1) is 0 Å². The summed E-state index contributed by atoms with van der Waals surface area (Å²) in [5.41, 5.74) is 0. The van der Waals surface area contributed by atoms with Gasteiger partial charge in [-0.25, -0.2) is 9.59 Å². The van der Waals surface area contributed by atoms with Gasteiger partial charge in [-0.15, -0.1) is 0 Å². The first-order valence-electron chi connectivity index (χ1n) is 3.85. The van der Waals surface area contributed by atoms with Crippen molar-refractivity contribution >= 4 is 35.2 Å². The van der Waals surface area contributed by atoms with Crippen LogP contribution in [0.5, 0.6) is 0 Å². The van der Waals surface area contributed by atoms with Crippen LogP contribution in [-0.2, 0) is 7.80 Å². The lowest BCUT2D eigenvalue weighted by atomic mass is 10.5. The summed E-state index contributed by atoms with van der Waals surface area (Å²) in [6.07, 6.45) is -0.870. The molecule has 0 atom stereocenters. The van der Waals surface area contributed by atoms with Gasteiger partial charge >= 0.3 is 12.2 Å². The second kappa shape index (κ2) is 6.68. The topological polar surface area (TPSA) is 59.1 Å². The summed E-state index contributed by atoms with van der Waals surface area (Å²) in [6, 6.07) is 0. The third-order valence-corrected chi connectivity index (χ3v) is 2.01. The number of ether oxygens (including phenoxy) is 1. The Labute approximate surface area is 96.8 Å². The maximum atomic E-state index is 10.9. The van der Waals surface area contributed by atoms with E-state index < -0.39 is 12.2 Å². The van der Waals surface area contributed by atoms with Crippen molar-refractivity contribution < 1.29 is 17.4 Å². The van der Waals surface area contributed by atoms with Crippen molar-refractivity contribution in [2.75, 3.05) is 34.3 Å². The van der Waals surface area contributed by atoms with Crippen LogP contribution in [0.25, 0.3) is 0 Å². The Morgan fingerprint density at radius 2 is 1.57 bits per heavy atom. The average Bonchev–Trinajstić information content (AvgIpc) is 2.22. The van der Waals surface area contributed by atoms with Crippen LogP contribution in [-0.4, -0.2) is 56.3 Å². The van der Waals surface area contributed by atoms with Gasteiger partial charge in [0.15, 0.2) is 23.0 Å². The molecule has 0 heterocycles. The molecule has 0 rings (SSSR count). The highest BCUT2D eigenvalue weighted by Gasteiger charge is 2.12. The molecule has 0 spiro atoms. The molecule has 0 saturated heterocycles. The van der Waals surface area contributed by atoms with Crippen molar-refractivity contribution in [1.29, 1.82) is 0 Å². The molecule has 6 nitrogen and oxygen atoms in total. The van der Waals surface area contributed by atoms with Crippen molar-refractivity contribution in [3.05, 3.63) is 0 Å².